The lowest BCUT2D eigenvalue weighted by Gasteiger charge is -2.20. The Bertz CT molecular complexity index is 548. The van der Waals surface area contributed by atoms with Crippen molar-refractivity contribution in [3.8, 4) is 11.4 Å². The van der Waals surface area contributed by atoms with Crippen LogP contribution in [0.25, 0.3) is 11.4 Å². The number of hydrogen-bond acceptors (Lipinski definition) is 3. The minimum absolute atomic E-state index is 0.974. The lowest BCUT2D eigenvalue weighted by atomic mass is 10.0. The maximum Gasteiger partial charge on any atom is 0.0918 e. The molecule has 2 aromatic heterocycles. The molecule has 0 aromatic carbocycles. The summed E-state index contributed by atoms with van der Waals surface area (Å²) in [5.41, 5.74) is 3.32. The van der Waals surface area contributed by atoms with Crippen LogP contribution in [-0.4, -0.2) is 34.5 Å². The molecule has 0 radical (unpaired) electrons. The molecule has 0 bridgehead atoms. The fourth-order valence-electron chi connectivity index (χ4n) is 2.99. The van der Waals surface area contributed by atoms with Crippen molar-refractivity contribution in [1.82, 2.24) is 14.9 Å². The first-order valence-electron chi connectivity index (χ1n) is 8.92. The van der Waals surface area contributed by atoms with Gasteiger partial charge in [0.1, 0.15) is 0 Å². The van der Waals surface area contributed by atoms with Crippen LogP contribution in [0, 0.1) is 0 Å². The van der Waals surface area contributed by atoms with Gasteiger partial charge in [-0.3, -0.25) is 9.97 Å². The standard InChI is InChI=1S/C20H29N3/c1-3-15-23(16-4-2)17-8-6-10-18-11-9-14-22-20(18)19-12-5-7-13-21-19/h5,7,9,11-14H,3-4,6,8,10,15-17H2,1-2H3. The summed E-state index contributed by atoms with van der Waals surface area (Å²) in [4.78, 5) is 11.6. The molecule has 0 saturated carbocycles. The van der Waals surface area contributed by atoms with Crippen molar-refractivity contribution in [3.63, 3.8) is 0 Å². The van der Waals surface area contributed by atoms with Gasteiger partial charge in [-0.1, -0.05) is 26.0 Å². The van der Waals surface area contributed by atoms with Crippen molar-refractivity contribution in [2.75, 3.05) is 19.6 Å². The van der Waals surface area contributed by atoms with Crippen molar-refractivity contribution in [1.29, 1.82) is 0 Å². The van der Waals surface area contributed by atoms with Crippen LogP contribution in [0.2, 0.25) is 0 Å². The van der Waals surface area contributed by atoms with Gasteiger partial charge in [-0.2, -0.15) is 0 Å². The number of pyridine rings is 2. The van der Waals surface area contributed by atoms with Gasteiger partial charge in [0.15, 0.2) is 0 Å². The van der Waals surface area contributed by atoms with Gasteiger partial charge in [-0.25, -0.2) is 0 Å². The molecule has 0 amide bonds. The Morgan fingerprint density at radius 2 is 1.61 bits per heavy atom. The summed E-state index contributed by atoms with van der Waals surface area (Å²) in [5.74, 6) is 0. The van der Waals surface area contributed by atoms with Crippen LogP contribution in [0.4, 0.5) is 0 Å². The summed E-state index contributed by atoms with van der Waals surface area (Å²) in [5, 5.41) is 0. The van der Waals surface area contributed by atoms with Crippen LogP contribution in [0.15, 0.2) is 42.7 Å². The largest absolute Gasteiger partial charge is 0.303 e. The van der Waals surface area contributed by atoms with E-state index in [2.05, 4.69) is 34.8 Å². The van der Waals surface area contributed by atoms with Gasteiger partial charge in [-0.15, -0.1) is 0 Å². The Kier molecular flexibility index (Phi) is 7.74. The topological polar surface area (TPSA) is 29.0 Å². The molecular formula is C20H29N3. The summed E-state index contributed by atoms with van der Waals surface area (Å²) in [6.07, 6.45) is 9.70. The Morgan fingerprint density at radius 3 is 2.30 bits per heavy atom. The number of aromatic nitrogens is 2. The van der Waals surface area contributed by atoms with E-state index >= 15 is 0 Å². The highest BCUT2D eigenvalue weighted by atomic mass is 15.1. The highest BCUT2D eigenvalue weighted by Gasteiger charge is 2.07. The number of unbranched alkanes of at least 4 members (excludes halogenated alkanes) is 1. The average Bonchev–Trinajstić information content (AvgIpc) is 2.60. The van der Waals surface area contributed by atoms with Gasteiger partial charge in [0, 0.05) is 12.4 Å². The quantitative estimate of drug-likeness (QED) is 0.601. The minimum atomic E-state index is 0.974. The average molecular weight is 311 g/mol. The molecule has 3 heteroatoms. The third-order valence-electron chi connectivity index (χ3n) is 4.05. The Morgan fingerprint density at radius 1 is 0.826 bits per heavy atom. The number of rotatable bonds is 10. The number of aryl methyl sites for hydroxylation is 1. The maximum absolute atomic E-state index is 4.55. The zero-order chi connectivity index (χ0) is 16.3. The second kappa shape index (κ2) is 10.1. The SMILES string of the molecule is CCCN(CCC)CCCCc1cccnc1-c1ccccn1. The number of hydrogen-bond donors (Lipinski definition) is 0. The molecule has 0 aliphatic heterocycles. The highest BCUT2D eigenvalue weighted by molar-refractivity contribution is 5.58. The van der Waals surface area contributed by atoms with Crippen LogP contribution >= 0.6 is 0 Å². The summed E-state index contributed by atoms with van der Waals surface area (Å²) in [7, 11) is 0. The molecule has 0 aliphatic rings. The van der Waals surface area contributed by atoms with Crippen molar-refractivity contribution in [2.45, 2.75) is 46.0 Å². The summed E-state index contributed by atoms with van der Waals surface area (Å²) < 4.78 is 0. The molecule has 23 heavy (non-hydrogen) atoms. The zero-order valence-electron chi connectivity index (χ0n) is 14.5. The third-order valence-corrected chi connectivity index (χ3v) is 4.05. The lowest BCUT2D eigenvalue weighted by Crippen LogP contribution is -2.26. The molecule has 0 saturated heterocycles. The molecule has 0 fully saturated rings. The monoisotopic (exact) mass is 311 g/mol. The minimum Gasteiger partial charge on any atom is -0.303 e. The van der Waals surface area contributed by atoms with Crippen molar-refractivity contribution >= 4 is 0 Å². The zero-order valence-corrected chi connectivity index (χ0v) is 14.5. The van der Waals surface area contributed by atoms with Crippen LogP contribution in [-0.2, 0) is 6.42 Å². The fourth-order valence-corrected chi connectivity index (χ4v) is 2.99. The van der Waals surface area contributed by atoms with Crippen LogP contribution in [0.1, 0.15) is 45.1 Å². The smallest absolute Gasteiger partial charge is 0.0918 e. The van der Waals surface area contributed by atoms with Gasteiger partial charge in [0.05, 0.1) is 11.4 Å². The van der Waals surface area contributed by atoms with E-state index in [0.717, 1.165) is 17.8 Å². The van der Waals surface area contributed by atoms with E-state index in [1.807, 2.05) is 36.7 Å². The van der Waals surface area contributed by atoms with Gasteiger partial charge in [-0.05, 0) is 75.5 Å². The molecule has 0 N–H and O–H groups in total. The molecule has 2 heterocycles. The molecular weight excluding hydrogens is 282 g/mol. The van der Waals surface area contributed by atoms with Crippen molar-refractivity contribution < 1.29 is 0 Å². The van der Waals surface area contributed by atoms with Crippen LogP contribution < -0.4 is 0 Å². The van der Waals surface area contributed by atoms with E-state index in [9.17, 15) is 0 Å². The Balaban J connectivity index is 1.89. The first kappa shape index (κ1) is 17.6. The second-order valence-corrected chi connectivity index (χ2v) is 6.02. The summed E-state index contributed by atoms with van der Waals surface area (Å²) in [6, 6.07) is 10.2. The van der Waals surface area contributed by atoms with Crippen molar-refractivity contribution in [2.24, 2.45) is 0 Å². The van der Waals surface area contributed by atoms with Crippen LogP contribution in [0.5, 0.6) is 0 Å². The third kappa shape index (κ3) is 5.76. The summed E-state index contributed by atoms with van der Waals surface area (Å²) >= 11 is 0. The molecule has 0 spiro atoms. The highest BCUT2D eigenvalue weighted by Crippen LogP contribution is 2.20. The second-order valence-electron chi connectivity index (χ2n) is 6.02. The van der Waals surface area contributed by atoms with Crippen molar-refractivity contribution in [3.05, 3.63) is 48.3 Å². The van der Waals surface area contributed by atoms with Crippen LogP contribution in [0.3, 0.4) is 0 Å². The maximum atomic E-state index is 4.55. The van der Waals surface area contributed by atoms with E-state index in [1.165, 1.54) is 50.9 Å². The molecule has 0 unspecified atom stereocenters. The summed E-state index contributed by atoms with van der Waals surface area (Å²) in [6.45, 7) is 8.18. The molecule has 2 rings (SSSR count). The van der Waals surface area contributed by atoms with Gasteiger partial charge >= 0.3 is 0 Å². The first-order valence-corrected chi connectivity index (χ1v) is 8.92. The normalized spacial score (nSPS) is 11.1. The predicted octanol–water partition coefficient (Wildman–Crippen LogP) is 4.59. The van der Waals surface area contributed by atoms with Gasteiger partial charge < -0.3 is 4.90 Å². The van der Waals surface area contributed by atoms with E-state index in [4.69, 9.17) is 0 Å². The molecule has 124 valence electrons. The lowest BCUT2D eigenvalue weighted by molar-refractivity contribution is 0.269. The molecule has 0 atom stereocenters. The van der Waals surface area contributed by atoms with E-state index in [1.54, 1.807) is 0 Å². The molecule has 0 aliphatic carbocycles. The van der Waals surface area contributed by atoms with E-state index in [-0.39, 0.29) is 0 Å². The van der Waals surface area contributed by atoms with Gasteiger partial charge in [0.25, 0.3) is 0 Å². The predicted molar refractivity (Wildman–Crippen MR) is 97.4 cm³/mol. The Labute approximate surface area is 140 Å². The van der Waals surface area contributed by atoms with E-state index < -0.39 is 0 Å². The Hall–Kier alpha value is -1.74. The van der Waals surface area contributed by atoms with Gasteiger partial charge in [0.2, 0.25) is 0 Å². The molecule has 3 nitrogen and oxygen atoms in total. The first-order chi connectivity index (χ1) is 11.3. The van der Waals surface area contributed by atoms with E-state index in [0.29, 0.717) is 0 Å². The fraction of sp³-hybridized carbons (Fsp3) is 0.500. The number of nitrogens with zero attached hydrogens (tertiary/aromatic N) is 3. The molecule has 2 aromatic rings.